The molecule has 2 aliphatic rings. The Morgan fingerprint density at radius 1 is 1.08 bits per heavy atom. The average molecular weight is 338 g/mol. The van der Waals surface area contributed by atoms with Crippen LogP contribution < -0.4 is 10.1 Å². The van der Waals surface area contributed by atoms with Gasteiger partial charge in [-0.25, -0.2) is 4.79 Å². The van der Waals surface area contributed by atoms with Gasteiger partial charge >= 0.3 is 6.03 Å². The second kappa shape index (κ2) is 6.41. The van der Waals surface area contributed by atoms with Crippen LogP contribution in [-0.2, 0) is 11.3 Å². The fourth-order valence-corrected chi connectivity index (χ4v) is 3.37. The Labute approximate surface area is 147 Å². The number of fused-ring (bicyclic) bond motifs is 1. The number of ether oxygens (including phenoxy) is 2. The van der Waals surface area contributed by atoms with Gasteiger partial charge in [-0.3, -0.25) is 0 Å². The molecule has 2 amide bonds. The number of anilines is 1. The first kappa shape index (κ1) is 16.0. The van der Waals surface area contributed by atoms with Crippen molar-refractivity contribution in [1.29, 1.82) is 0 Å². The van der Waals surface area contributed by atoms with Gasteiger partial charge < -0.3 is 19.7 Å². The van der Waals surface area contributed by atoms with Crippen LogP contribution in [0.3, 0.4) is 0 Å². The summed E-state index contributed by atoms with van der Waals surface area (Å²) in [5.74, 6) is 0.292. The number of carbonyl (C=O) groups is 1. The van der Waals surface area contributed by atoms with Gasteiger partial charge in [0.2, 0.25) is 5.79 Å². The molecule has 0 unspecified atom stereocenters. The molecule has 5 heteroatoms. The van der Waals surface area contributed by atoms with E-state index >= 15 is 0 Å². The van der Waals surface area contributed by atoms with Crippen LogP contribution >= 0.6 is 0 Å². The van der Waals surface area contributed by atoms with Crippen LogP contribution in [0, 0.1) is 6.92 Å². The fraction of sp³-hybridized carbons (Fsp3) is 0.350. The number of rotatable bonds is 1. The molecule has 0 bridgehead atoms. The Hall–Kier alpha value is -2.53. The van der Waals surface area contributed by atoms with E-state index in [1.165, 1.54) is 0 Å². The normalized spacial score (nSPS) is 18.4. The Kier molecular flexibility index (Phi) is 4.09. The predicted molar refractivity (Wildman–Crippen MR) is 95.6 cm³/mol. The number of benzene rings is 2. The van der Waals surface area contributed by atoms with Crippen LogP contribution in [0.25, 0.3) is 0 Å². The summed E-state index contributed by atoms with van der Waals surface area (Å²) in [6.45, 7) is 3.77. The van der Waals surface area contributed by atoms with Crippen molar-refractivity contribution >= 4 is 11.7 Å². The maximum absolute atomic E-state index is 12.5. The van der Waals surface area contributed by atoms with Crippen LogP contribution in [0.4, 0.5) is 10.5 Å². The van der Waals surface area contributed by atoms with Crippen molar-refractivity contribution in [3.05, 3.63) is 59.7 Å². The summed E-state index contributed by atoms with van der Waals surface area (Å²) in [6.07, 6.45) is 1.34. The number of urea groups is 1. The molecule has 2 aromatic rings. The van der Waals surface area contributed by atoms with E-state index in [0.717, 1.165) is 22.6 Å². The largest absolute Gasteiger partial charge is 0.462 e. The molecule has 130 valence electrons. The third kappa shape index (κ3) is 3.20. The summed E-state index contributed by atoms with van der Waals surface area (Å²) in [5, 5.41) is 2.99. The Morgan fingerprint density at radius 3 is 2.60 bits per heavy atom. The predicted octanol–water partition coefficient (Wildman–Crippen LogP) is 3.93. The molecule has 1 spiro atoms. The topological polar surface area (TPSA) is 50.8 Å². The number of amides is 2. The summed E-state index contributed by atoms with van der Waals surface area (Å²) in [5.41, 5.74) is 2.99. The Morgan fingerprint density at radius 2 is 1.80 bits per heavy atom. The van der Waals surface area contributed by atoms with Gasteiger partial charge in [0.25, 0.3) is 0 Å². The maximum Gasteiger partial charge on any atom is 0.321 e. The minimum absolute atomic E-state index is 0.0691. The van der Waals surface area contributed by atoms with E-state index in [1.807, 2.05) is 60.4 Å². The number of aryl methyl sites for hydroxylation is 1. The van der Waals surface area contributed by atoms with Gasteiger partial charge in [-0.2, -0.15) is 0 Å². The third-order valence-corrected chi connectivity index (χ3v) is 4.96. The van der Waals surface area contributed by atoms with Crippen molar-refractivity contribution in [2.75, 3.05) is 18.4 Å². The highest BCUT2D eigenvalue weighted by Gasteiger charge is 2.41. The number of hydrogen-bond donors (Lipinski definition) is 1. The van der Waals surface area contributed by atoms with Crippen LogP contribution in [0.2, 0.25) is 0 Å². The van der Waals surface area contributed by atoms with Gasteiger partial charge in [0, 0.05) is 37.2 Å². The van der Waals surface area contributed by atoms with Gasteiger partial charge in [-0.05, 0) is 24.6 Å². The molecule has 0 aromatic heterocycles. The van der Waals surface area contributed by atoms with Gasteiger partial charge in [0.1, 0.15) is 5.75 Å². The molecule has 0 atom stereocenters. The molecular weight excluding hydrogens is 316 g/mol. The van der Waals surface area contributed by atoms with Crippen LogP contribution in [-0.4, -0.2) is 29.8 Å². The Bertz CT molecular complexity index is 782. The standard InChI is InChI=1S/C20H22N2O3/c1-15-6-2-4-8-17(15)21-19(23)22-12-10-20(11-13-22)24-14-16-7-3-5-9-18(16)25-20/h2-9H,10-14H2,1H3,(H,21,23). The van der Waals surface area contributed by atoms with E-state index in [9.17, 15) is 4.79 Å². The first-order valence-electron chi connectivity index (χ1n) is 8.68. The molecule has 0 saturated carbocycles. The van der Waals surface area contributed by atoms with Crippen molar-refractivity contribution in [3.8, 4) is 5.75 Å². The number of para-hydroxylation sites is 2. The molecule has 0 radical (unpaired) electrons. The van der Waals surface area contributed by atoms with Crippen molar-refractivity contribution in [1.82, 2.24) is 4.90 Å². The first-order chi connectivity index (χ1) is 12.2. The minimum Gasteiger partial charge on any atom is -0.462 e. The lowest BCUT2D eigenvalue weighted by Crippen LogP contribution is -2.53. The highest BCUT2D eigenvalue weighted by Crippen LogP contribution is 2.37. The molecule has 2 aliphatic heterocycles. The minimum atomic E-state index is -0.603. The third-order valence-electron chi connectivity index (χ3n) is 4.96. The molecule has 2 heterocycles. The zero-order valence-corrected chi connectivity index (χ0v) is 14.3. The summed E-state index contributed by atoms with van der Waals surface area (Å²) < 4.78 is 12.2. The number of piperidine rings is 1. The summed E-state index contributed by atoms with van der Waals surface area (Å²) in [7, 11) is 0. The number of hydrogen-bond acceptors (Lipinski definition) is 3. The molecule has 4 rings (SSSR count). The van der Waals surface area contributed by atoms with Gasteiger partial charge in [-0.1, -0.05) is 36.4 Å². The number of carbonyl (C=O) groups excluding carboxylic acids is 1. The SMILES string of the molecule is Cc1ccccc1NC(=O)N1CCC2(CC1)OCc1ccccc1O2. The Balaban J connectivity index is 1.39. The fourth-order valence-electron chi connectivity index (χ4n) is 3.37. The smallest absolute Gasteiger partial charge is 0.321 e. The zero-order chi connectivity index (χ0) is 17.3. The van der Waals surface area contributed by atoms with Crippen LogP contribution in [0.5, 0.6) is 5.75 Å². The van der Waals surface area contributed by atoms with Crippen LogP contribution in [0.1, 0.15) is 24.0 Å². The van der Waals surface area contributed by atoms with E-state index in [1.54, 1.807) is 0 Å². The molecule has 0 aliphatic carbocycles. The van der Waals surface area contributed by atoms with E-state index in [4.69, 9.17) is 9.47 Å². The average Bonchev–Trinajstić information content (AvgIpc) is 2.64. The van der Waals surface area contributed by atoms with E-state index in [2.05, 4.69) is 5.32 Å². The lowest BCUT2D eigenvalue weighted by atomic mass is 10.0. The summed E-state index contributed by atoms with van der Waals surface area (Å²) >= 11 is 0. The lowest BCUT2D eigenvalue weighted by molar-refractivity contribution is -0.225. The molecular formula is C20H22N2O3. The van der Waals surface area contributed by atoms with Crippen molar-refractivity contribution in [2.24, 2.45) is 0 Å². The quantitative estimate of drug-likeness (QED) is 0.857. The zero-order valence-electron chi connectivity index (χ0n) is 14.3. The highest BCUT2D eigenvalue weighted by molar-refractivity contribution is 5.90. The summed E-state index contributed by atoms with van der Waals surface area (Å²) in [4.78, 5) is 14.3. The molecule has 1 N–H and O–H groups in total. The number of nitrogens with one attached hydrogen (secondary N) is 1. The van der Waals surface area contributed by atoms with Gasteiger partial charge in [0.05, 0.1) is 6.61 Å². The van der Waals surface area contributed by atoms with Gasteiger partial charge in [0.15, 0.2) is 0 Å². The molecule has 1 saturated heterocycles. The maximum atomic E-state index is 12.5. The van der Waals surface area contributed by atoms with Gasteiger partial charge in [-0.15, -0.1) is 0 Å². The first-order valence-corrected chi connectivity index (χ1v) is 8.68. The molecule has 25 heavy (non-hydrogen) atoms. The molecule has 1 fully saturated rings. The van der Waals surface area contributed by atoms with E-state index < -0.39 is 5.79 Å². The van der Waals surface area contributed by atoms with E-state index in [0.29, 0.717) is 32.5 Å². The van der Waals surface area contributed by atoms with Crippen LogP contribution in [0.15, 0.2) is 48.5 Å². The second-order valence-corrected chi connectivity index (χ2v) is 6.64. The van der Waals surface area contributed by atoms with Crippen molar-refractivity contribution in [3.63, 3.8) is 0 Å². The van der Waals surface area contributed by atoms with Crippen molar-refractivity contribution in [2.45, 2.75) is 32.2 Å². The van der Waals surface area contributed by atoms with E-state index in [-0.39, 0.29) is 6.03 Å². The highest BCUT2D eigenvalue weighted by atomic mass is 16.7. The summed E-state index contributed by atoms with van der Waals surface area (Å²) in [6, 6.07) is 15.7. The molecule has 2 aromatic carbocycles. The lowest BCUT2D eigenvalue weighted by Gasteiger charge is -2.43. The van der Waals surface area contributed by atoms with Crippen molar-refractivity contribution < 1.29 is 14.3 Å². The monoisotopic (exact) mass is 338 g/mol. The number of nitrogens with zero attached hydrogens (tertiary/aromatic N) is 1. The second-order valence-electron chi connectivity index (χ2n) is 6.64. The molecule has 5 nitrogen and oxygen atoms in total. The number of likely N-dealkylation sites (tertiary alicyclic amines) is 1.